The van der Waals surface area contributed by atoms with Crippen LogP contribution in [0, 0.1) is 0 Å². The molecule has 1 saturated carbocycles. The SMILES string of the molecule is C[C@@H](Sc1n[nH]c(=O)n1C1CC1)C(=O)N1CCCc2ccccc21. The average molecular weight is 344 g/mol. The Bertz CT molecular complexity index is 824. The van der Waals surface area contributed by atoms with Crippen LogP contribution in [0.2, 0.25) is 0 Å². The lowest BCUT2D eigenvalue weighted by molar-refractivity contribution is -0.117. The molecule has 1 aliphatic carbocycles. The van der Waals surface area contributed by atoms with Crippen LogP contribution in [0.15, 0.2) is 34.2 Å². The van der Waals surface area contributed by atoms with Crippen LogP contribution in [-0.2, 0) is 11.2 Å². The summed E-state index contributed by atoms with van der Waals surface area (Å²) < 4.78 is 1.69. The molecule has 7 heteroatoms. The van der Waals surface area contributed by atoms with Gasteiger partial charge in [-0.1, -0.05) is 30.0 Å². The maximum absolute atomic E-state index is 12.9. The van der Waals surface area contributed by atoms with Crippen molar-refractivity contribution in [2.75, 3.05) is 11.4 Å². The van der Waals surface area contributed by atoms with Crippen LogP contribution in [0.1, 0.15) is 37.8 Å². The number of para-hydroxylation sites is 1. The highest BCUT2D eigenvalue weighted by Gasteiger charge is 2.32. The number of nitrogens with one attached hydrogen (secondary N) is 1. The number of rotatable bonds is 4. The number of hydrogen-bond acceptors (Lipinski definition) is 4. The minimum absolute atomic E-state index is 0.0740. The van der Waals surface area contributed by atoms with Crippen LogP contribution in [0.4, 0.5) is 5.69 Å². The maximum Gasteiger partial charge on any atom is 0.344 e. The summed E-state index contributed by atoms with van der Waals surface area (Å²) in [6.07, 6.45) is 4.01. The van der Waals surface area contributed by atoms with Gasteiger partial charge in [0, 0.05) is 18.3 Å². The van der Waals surface area contributed by atoms with Crippen LogP contribution >= 0.6 is 11.8 Å². The smallest absolute Gasteiger partial charge is 0.311 e. The minimum Gasteiger partial charge on any atom is -0.311 e. The average Bonchev–Trinajstić information content (AvgIpc) is 3.37. The van der Waals surface area contributed by atoms with Gasteiger partial charge in [-0.2, -0.15) is 0 Å². The molecule has 1 aromatic carbocycles. The van der Waals surface area contributed by atoms with Crippen molar-refractivity contribution in [3.8, 4) is 0 Å². The molecule has 0 unspecified atom stereocenters. The first-order valence-electron chi connectivity index (χ1n) is 8.38. The summed E-state index contributed by atoms with van der Waals surface area (Å²) in [6, 6.07) is 8.34. The number of aromatic amines is 1. The molecule has 0 bridgehead atoms. The van der Waals surface area contributed by atoms with Gasteiger partial charge in [-0.15, -0.1) is 5.10 Å². The predicted octanol–water partition coefficient (Wildman–Crippen LogP) is 2.37. The van der Waals surface area contributed by atoms with E-state index >= 15 is 0 Å². The lowest BCUT2D eigenvalue weighted by atomic mass is 10.0. The Balaban J connectivity index is 1.54. The number of hydrogen-bond donors (Lipinski definition) is 1. The van der Waals surface area contributed by atoms with E-state index < -0.39 is 0 Å². The topological polar surface area (TPSA) is 71.0 Å². The second-order valence-electron chi connectivity index (χ2n) is 6.39. The molecule has 6 nitrogen and oxygen atoms in total. The van der Waals surface area contributed by atoms with Crippen LogP contribution in [0.25, 0.3) is 0 Å². The van der Waals surface area contributed by atoms with Crippen molar-refractivity contribution in [3.63, 3.8) is 0 Å². The Morgan fingerprint density at radius 1 is 1.38 bits per heavy atom. The van der Waals surface area contributed by atoms with Crippen LogP contribution in [-0.4, -0.2) is 32.5 Å². The van der Waals surface area contributed by atoms with E-state index in [-0.39, 0.29) is 22.9 Å². The number of H-pyrrole nitrogens is 1. The lowest BCUT2D eigenvalue weighted by Gasteiger charge is -2.31. The number of carbonyl (C=O) groups is 1. The quantitative estimate of drug-likeness (QED) is 0.865. The fourth-order valence-corrected chi connectivity index (χ4v) is 4.21. The summed E-state index contributed by atoms with van der Waals surface area (Å²) >= 11 is 1.37. The van der Waals surface area contributed by atoms with E-state index in [2.05, 4.69) is 16.3 Å². The Labute approximate surface area is 144 Å². The van der Waals surface area contributed by atoms with Gasteiger partial charge in [0.1, 0.15) is 0 Å². The number of nitrogens with zero attached hydrogens (tertiary/aromatic N) is 3. The summed E-state index contributed by atoms with van der Waals surface area (Å²) in [5, 5.41) is 6.95. The second-order valence-corrected chi connectivity index (χ2v) is 7.70. The molecular weight excluding hydrogens is 324 g/mol. The molecule has 2 aliphatic rings. The Morgan fingerprint density at radius 3 is 2.96 bits per heavy atom. The molecule has 4 rings (SSSR count). The molecule has 126 valence electrons. The molecule has 24 heavy (non-hydrogen) atoms. The fourth-order valence-electron chi connectivity index (χ4n) is 3.22. The summed E-state index contributed by atoms with van der Waals surface area (Å²) in [7, 11) is 0. The summed E-state index contributed by atoms with van der Waals surface area (Å²) in [4.78, 5) is 26.7. The van der Waals surface area contributed by atoms with Crippen molar-refractivity contribution in [1.29, 1.82) is 0 Å². The van der Waals surface area contributed by atoms with E-state index in [4.69, 9.17) is 0 Å². The Kier molecular flexibility index (Phi) is 3.96. The predicted molar refractivity (Wildman–Crippen MR) is 93.6 cm³/mol. The molecule has 1 fully saturated rings. The number of fused-ring (bicyclic) bond motifs is 1. The highest BCUT2D eigenvalue weighted by atomic mass is 32.2. The number of amides is 1. The van der Waals surface area contributed by atoms with E-state index in [1.165, 1.54) is 17.3 Å². The molecule has 2 aromatic rings. The molecular formula is C17H20N4O2S. The fraction of sp³-hybridized carbons (Fsp3) is 0.471. The number of benzene rings is 1. The van der Waals surface area contributed by atoms with Gasteiger partial charge < -0.3 is 4.90 Å². The standard InChI is InChI=1S/C17H20N4O2S/c1-11(24-17-19-18-16(23)21(17)13-8-9-13)15(22)20-10-4-6-12-5-2-3-7-14(12)20/h2-3,5,7,11,13H,4,6,8-10H2,1H3,(H,18,23)/t11-/m1/s1. The monoisotopic (exact) mass is 344 g/mol. The van der Waals surface area contributed by atoms with Crippen molar-refractivity contribution < 1.29 is 4.79 Å². The molecule has 0 radical (unpaired) electrons. The largest absolute Gasteiger partial charge is 0.344 e. The maximum atomic E-state index is 12.9. The third kappa shape index (κ3) is 2.77. The van der Waals surface area contributed by atoms with E-state index in [0.717, 1.165) is 37.9 Å². The van der Waals surface area contributed by atoms with Gasteiger partial charge in [-0.25, -0.2) is 9.89 Å². The molecule has 1 atom stereocenters. The van der Waals surface area contributed by atoms with Gasteiger partial charge in [-0.05, 0) is 44.2 Å². The molecule has 2 heterocycles. The first-order chi connectivity index (χ1) is 11.6. The second kappa shape index (κ2) is 6.12. The Morgan fingerprint density at radius 2 is 2.17 bits per heavy atom. The van der Waals surface area contributed by atoms with E-state index in [0.29, 0.717) is 5.16 Å². The third-order valence-electron chi connectivity index (χ3n) is 4.59. The first kappa shape index (κ1) is 15.5. The van der Waals surface area contributed by atoms with Crippen LogP contribution in [0.5, 0.6) is 0 Å². The van der Waals surface area contributed by atoms with Gasteiger partial charge >= 0.3 is 5.69 Å². The van der Waals surface area contributed by atoms with Crippen LogP contribution in [0.3, 0.4) is 0 Å². The molecule has 0 saturated heterocycles. The van der Waals surface area contributed by atoms with Crippen LogP contribution < -0.4 is 10.6 Å². The lowest BCUT2D eigenvalue weighted by Crippen LogP contribution is -2.40. The summed E-state index contributed by atoms with van der Waals surface area (Å²) in [6.45, 7) is 2.64. The molecule has 1 aromatic heterocycles. The number of aryl methyl sites for hydroxylation is 1. The Hall–Kier alpha value is -2.02. The molecule has 1 amide bonds. The molecule has 1 aliphatic heterocycles. The number of thioether (sulfide) groups is 1. The van der Waals surface area contributed by atoms with Gasteiger partial charge in [0.2, 0.25) is 5.91 Å². The minimum atomic E-state index is -0.288. The molecule has 1 N–H and O–H groups in total. The number of carbonyl (C=O) groups excluding carboxylic acids is 1. The van der Waals surface area contributed by atoms with Gasteiger partial charge in [0.15, 0.2) is 5.16 Å². The van der Waals surface area contributed by atoms with Crippen molar-refractivity contribution in [1.82, 2.24) is 14.8 Å². The zero-order valence-corrected chi connectivity index (χ0v) is 14.4. The third-order valence-corrected chi connectivity index (χ3v) is 5.64. The number of aromatic nitrogens is 3. The number of anilines is 1. The van der Waals surface area contributed by atoms with Gasteiger partial charge in [0.05, 0.1) is 5.25 Å². The van der Waals surface area contributed by atoms with E-state index in [1.807, 2.05) is 30.0 Å². The van der Waals surface area contributed by atoms with Crippen molar-refractivity contribution in [2.24, 2.45) is 0 Å². The zero-order valence-electron chi connectivity index (χ0n) is 13.6. The normalized spacial score (nSPS) is 18.3. The van der Waals surface area contributed by atoms with Gasteiger partial charge in [0.25, 0.3) is 0 Å². The summed E-state index contributed by atoms with van der Waals surface area (Å²) in [5.74, 6) is 0.0740. The summed E-state index contributed by atoms with van der Waals surface area (Å²) in [5.41, 5.74) is 2.06. The molecule has 0 spiro atoms. The van der Waals surface area contributed by atoms with Crippen molar-refractivity contribution in [2.45, 2.75) is 49.1 Å². The van der Waals surface area contributed by atoms with E-state index in [9.17, 15) is 9.59 Å². The highest BCUT2D eigenvalue weighted by molar-refractivity contribution is 8.00. The van der Waals surface area contributed by atoms with Crippen molar-refractivity contribution >= 4 is 23.4 Å². The van der Waals surface area contributed by atoms with Gasteiger partial charge in [-0.3, -0.25) is 9.36 Å². The first-order valence-corrected chi connectivity index (χ1v) is 9.26. The van der Waals surface area contributed by atoms with E-state index in [1.54, 1.807) is 4.57 Å². The zero-order chi connectivity index (χ0) is 16.7. The highest BCUT2D eigenvalue weighted by Crippen LogP contribution is 2.37. The van der Waals surface area contributed by atoms with Crippen molar-refractivity contribution in [3.05, 3.63) is 40.3 Å².